The zero-order chi connectivity index (χ0) is 12.9. The average molecular weight is 241 g/mol. The molecule has 17 heavy (non-hydrogen) atoms. The van der Waals surface area contributed by atoms with E-state index in [4.69, 9.17) is 4.74 Å². The summed E-state index contributed by atoms with van der Waals surface area (Å²) in [5.74, 6) is -1.13. The minimum atomic E-state index is -1.02. The number of carbonyl (C=O) groups excluding carboxylic acids is 3. The Morgan fingerprint density at radius 1 is 1.41 bits per heavy atom. The highest BCUT2D eigenvalue weighted by Gasteiger charge is 2.45. The summed E-state index contributed by atoms with van der Waals surface area (Å²) in [5.41, 5.74) is -1.02. The number of amides is 1. The van der Waals surface area contributed by atoms with Gasteiger partial charge in [-0.3, -0.25) is 14.4 Å². The lowest BCUT2D eigenvalue weighted by atomic mass is 9.73. The van der Waals surface area contributed by atoms with Crippen LogP contribution in [0.25, 0.3) is 0 Å². The van der Waals surface area contributed by atoms with Crippen molar-refractivity contribution >= 4 is 17.7 Å². The van der Waals surface area contributed by atoms with Crippen LogP contribution in [0.2, 0.25) is 0 Å². The van der Waals surface area contributed by atoms with Crippen LogP contribution in [0, 0.1) is 5.41 Å². The molecular formula is C12H19NO4. The summed E-state index contributed by atoms with van der Waals surface area (Å²) in [6.07, 6.45) is 1.41. The smallest absolute Gasteiger partial charge is 0.313 e. The van der Waals surface area contributed by atoms with Crippen molar-refractivity contribution in [3.63, 3.8) is 0 Å². The third-order valence-corrected chi connectivity index (χ3v) is 3.25. The fourth-order valence-electron chi connectivity index (χ4n) is 2.19. The molecule has 0 aliphatic carbocycles. The molecule has 1 aliphatic rings. The maximum absolute atomic E-state index is 12.1. The number of esters is 1. The maximum atomic E-state index is 12.1. The van der Waals surface area contributed by atoms with Gasteiger partial charge in [-0.15, -0.1) is 0 Å². The average Bonchev–Trinajstić information content (AvgIpc) is 2.30. The molecule has 1 amide bonds. The van der Waals surface area contributed by atoms with E-state index in [1.165, 1.54) is 0 Å². The number of rotatable bonds is 5. The molecule has 0 aromatic rings. The molecule has 1 atom stereocenters. The molecule has 1 fully saturated rings. The number of hydrogen-bond donors (Lipinski definition) is 1. The molecule has 1 heterocycles. The molecule has 1 aliphatic heterocycles. The van der Waals surface area contributed by atoms with Gasteiger partial charge in [0.25, 0.3) is 0 Å². The SMILES string of the molecule is CCOC(=O)CC(=O)C1(CC)CCCNC1=O. The van der Waals surface area contributed by atoms with Crippen molar-refractivity contribution < 1.29 is 19.1 Å². The van der Waals surface area contributed by atoms with E-state index in [9.17, 15) is 14.4 Å². The van der Waals surface area contributed by atoms with Crippen molar-refractivity contribution in [1.82, 2.24) is 5.32 Å². The summed E-state index contributed by atoms with van der Waals surface area (Å²) < 4.78 is 4.74. The predicted octanol–water partition coefficient (Wildman–Crippen LogP) is 0.815. The standard InChI is InChI=1S/C12H19NO4/c1-3-12(6-5-7-13-11(12)16)9(14)8-10(15)17-4-2/h3-8H2,1-2H3,(H,13,16). The van der Waals surface area contributed by atoms with E-state index in [1.807, 2.05) is 0 Å². The van der Waals surface area contributed by atoms with Crippen molar-refractivity contribution in [3.05, 3.63) is 0 Å². The second-order valence-corrected chi connectivity index (χ2v) is 4.20. The molecule has 5 nitrogen and oxygen atoms in total. The van der Waals surface area contributed by atoms with Gasteiger partial charge in [-0.1, -0.05) is 6.92 Å². The first-order chi connectivity index (χ1) is 8.06. The lowest BCUT2D eigenvalue weighted by Crippen LogP contribution is -2.50. The van der Waals surface area contributed by atoms with Crippen LogP contribution in [-0.2, 0) is 19.1 Å². The van der Waals surface area contributed by atoms with E-state index in [1.54, 1.807) is 13.8 Å². The van der Waals surface area contributed by atoms with Gasteiger partial charge in [-0.25, -0.2) is 0 Å². The van der Waals surface area contributed by atoms with Crippen molar-refractivity contribution in [2.45, 2.75) is 39.5 Å². The van der Waals surface area contributed by atoms with E-state index in [0.29, 0.717) is 19.4 Å². The Kier molecular flexibility index (Phi) is 4.66. The molecule has 1 saturated heterocycles. The zero-order valence-electron chi connectivity index (χ0n) is 10.4. The number of nitrogens with one attached hydrogen (secondary N) is 1. The predicted molar refractivity (Wildman–Crippen MR) is 61.2 cm³/mol. The number of ether oxygens (including phenoxy) is 1. The molecule has 0 spiro atoms. The molecule has 0 saturated carbocycles. The summed E-state index contributed by atoms with van der Waals surface area (Å²) in [5, 5.41) is 2.70. The first-order valence-corrected chi connectivity index (χ1v) is 6.04. The highest BCUT2D eigenvalue weighted by molar-refractivity contribution is 6.11. The van der Waals surface area contributed by atoms with Crippen LogP contribution >= 0.6 is 0 Å². The first-order valence-electron chi connectivity index (χ1n) is 6.04. The molecule has 1 unspecified atom stereocenters. The van der Waals surface area contributed by atoms with Crippen LogP contribution in [0.1, 0.15) is 39.5 Å². The van der Waals surface area contributed by atoms with Gasteiger partial charge in [0.1, 0.15) is 11.8 Å². The number of ketones is 1. The third kappa shape index (κ3) is 2.84. The van der Waals surface area contributed by atoms with E-state index in [2.05, 4.69) is 5.32 Å². The van der Waals surface area contributed by atoms with E-state index in [0.717, 1.165) is 6.42 Å². The quantitative estimate of drug-likeness (QED) is 0.571. The Morgan fingerprint density at radius 2 is 2.12 bits per heavy atom. The lowest BCUT2D eigenvalue weighted by molar-refractivity contribution is -0.151. The van der Waals surface area contributed by atoms with Crippen molar-refractivity contribution in [2.24, 2.45) is 5.41 Å². The maximum Gasteiger partial charge on any atom is 0.313 e. The third-order valence-electron chi connectivity index (χ3n) is 3.25. The van der Waals surface area contributed by atoms with Crippen LogP contribution in [0.15, 0.2) is 0 Å². The van der Waals surface area contributed by atoms with Crippen LogP contribution in [0.3, 0.4) is 0 Å². The van der Waals surface area contributed by atoms with Crippen LogP contribution in [0.4, 0.5) is 0 Å². The highest BCUT2D eigenvalue weighted by atomic mass is 16.5. The van der Waals surface area contributed by atoms with Crippen molar-refractivity contribution in [1.29, 1.82) is 0 Å². The number of carbonyl (C=O) groups is 3. The lowest BCUT2D eigenvalue weighted by Gasteiger charge is -2.33. The van der Waals surface area contributed by atoms with Gasteiger partial charge in [0.2, 0.25) is 5.91 Å². The Hall–Kier alpha value is -1.39. The van der Waals surface area contributed by atoms with Gasteiger partial charge in [0.15, 0.2) is 5.78 Å². The highest BCUT2D eigenvalue weighted by Crippen LogP contribution is 2.33. The molecular weight excluding hydrogens is 222 g/mol. The van der Waals surface area contributed by atoms with E-state index >= 15 is 0 Å². The van der Waals surface area contributed by atoms with Crippen molar-refractivity contribution in [2.75, 3.05) is 13.2 Å². The van der Waals surface area contributed by atoms with Gasteiger partial charge in [0.05, 0.1) is 6.61 Å². The molecule has 5 heteroatoms. The van der Waals surface area contributed by atoms with E-state index in [-0.39, 0.29) is 24.7 Å². The second kappa shape index (κ2) is 5.80. The van der Waals surface area contributed by atoms with Gasteiger partial charge >= 0.3 is 5.97 Å². The van der Waals surface area contributed by atoms with E-state index < -0.39 is 11.4 Å². The van der Waals surface area contributed by atoms with Crippen LogP contribution < -0.4 is 5.32 Å². The monoisotopic (exact) mass is 241 g/mol. The number of Topliss-reactive ketones (excluding diaryl/α,β-unsaturated/α-hetero) is 1. The van der Waals surface area contributed by atoms with Gasteiger partial charge < -0.3 is 10.1 Å². The van der Waals surface area contributed by atoms with Crippen LogP contribution in [-0.4, -0.2) is 30.8 Å². The Labute approximate surface area is 101 Å². The molecule has 0 aromatic carbocycles. The summed E-state index contributed by atoms with van der Waals surface area (Å²) in [6, 6.07) is 0. The topological polar surface area (TPSA) is 72.5 Å². The van der Waals surface area contributed by atoms with Crippen molar-refractivity contribution in [3.8, 4) is 0 Å². The van der Waals surface area contributed by atoms with Gasteiger partial charge in [-0.2, -0.15) is 0 Å². The summed E-state index contributed by atoms with van der Waals surface area (Å²) in [7, 11) is 0. The molecule has 0 bridgehead atoms. The summed E-state index contributed by atoms with van der Waals surface area (Å²) in [4.78, 5) is 35.2. The van der Waals surface area contributed by atoms with Gasteiger partial charge in [0, 0.05) is 6.54 Å². The molecule has 1 rings (SSSR count). The second-order valence-electron chi connectivity index (χ2n) is 4.20. The van der Waals surface area contributed by atoms with Crippen LogP contribution in [0.5, 0.6) is 0 Å². The Bertz CT molecular complexity index is 326. The summed E-state index contributed by atoms with van der Waals surface area (Å²) in [6.45, 7) is 4.34. The number of piperidine rings is 1. The normalized spacial score (nSPS) is 24.0. The zero-order valence-corrected chi connectivity index (χ0v) is 10.4. The summed E-state index contributed by atoms with van der Waals surface area (Å²) >= 11 is 0. The molecule has 0 radical (unpaired) electrons. The first kappa shape index (κ1) is 13.7. The molecule has 96 valence electrons. The largest absolute Gasteiger partial charge is 0.466 e. The minimum absolute atomic E-state index is 0.247. The Balaban J connectivity index is 2.75. The fourth-order valence-corrected chi connectivity index (χ4v) is 2.19. The molecule has 1 N–H and O–H groups in total. The molecule has 0 aromatic heterocycles. The van der Waals surface area contributed by atoms with Gasteiger partial charge in [-0.05, 0) is 26.2 Å². The fraction of sp³-hybridized carbons (Fsp3) is 0.750. The number of hydrogen-bond acceptors (Lipinski definition) is 4. The Morgan fingerprint density at radius 3 is 2.65 bits per heavy atom. The minimum Gasteiger partial charge on any atom is -0.466 e.